The number of anilines is 6. The Balaban J connectivity index is 1.82. The normalized spacial score (nSPS) is 15.7. The molecule has 0 aromatic heterocycles. The van der Waals surface area contributed by atoms with Crippen LogP contribution in [0.4, 0.5) is 34.1 Å². The van der Waals surface area contributed by atoms with Crippen LogP contribution < -0.4 is 33.9 Å². The molecule has 2 aliphatic heterocycles. The maximum atomic E-state index is 7.90. The first-order valence-corrected chi connectivity index (χ1v) is 30.9. The van der Waals surface area contributed by atoms with Crippen LogP contribution in [0.3, 0.4) is 0 Å². The van der Waals surface area contributed by atoms with E-state index in [4.69, 9.17) is 55.3 Å². The summed E-state index contributed by atoms with van der Waals surface area (Å²) in [5, 5.41) is 2.15. The Morgan fingerprint density at radius 3 is 1.42 bits per heavy atom. The van der Waals surface area contributed by atoms with Gasteiger partial charge in [0.05, 0.1) is 49.2 Å². The van der Waals surface area contributed by atoms with Gasteiger partial charge in [-0.1, -0.05) is 216 Å². The molecule has 0 fully saturated rings. The molecule has 5 aromatic rings. The minimum atomic E-state index is -4.35. The number of hydrogen-bond acceptors (Lipinski definition) is 5. The fourth-order valence-electron chi connectivity index (χ4n) is 10.3. The molecule has 11 heteroatoms. The molecule has 2 aliphatic rings. The Morgan fingerprint density at radius 1 is 0.618 bits per heavy atom. The Morgan fingerprint density at radius 2 is 1.04 bits per heavy atom. The first-order valence-electron chi connectivity index (χ1n) is 26.5. The zero-order chi connectivity index (χ0) is 56.7. The molecule has 1 unspecified atom stereocenters. The molecule has 406 valence electrons. The highest BCUT2D eigenvalue weighted by molar-refractivity contribution is 14.1. The van der Waals surface area contributed by atoms with Crippen LogP contribution in [-0.4, -0.2) is 18.0 Å². The van der Waals surface area contributed by atoms with Gasteiger partial charge in [0.25, 0.3) is 0 Å². The van der Waals surface area contributed by atoms with E-state index in [1.165, 1.54) is 16.7 Å². The molecule has 5 nitrogen and oxygen atoms in total. The lowest BCUT2D eigenvalue weighted by molar-refractivity contribution is 0.379. The van der Waals surface area contributed by atoms with Crippen LogP contribution in [-0.2, 0) is 21.7 Å². The summed E-state index contributed by atoms with van der Waals surface area (Å²) in [6.45, 7) is 51.8. The number of hydrogen-bond donors (Lipinski definition) is 0. The van der Waals surface area contributed by atoms with Gasteiger partial charge in [0.2, 0.25) is 0 Å². The highest BCUT2D eigenvalue weighted by Crippen LogP contribution is 2.58. The summed E-state index contributed by atoms with van der Waals surface area (Å²) >= 11 is 31.4. The quantitative estimate of drug-likeness (QED) is 0.0236. The zero-order valence-corrected chi connectivity index (χ0v) is 54.6. The third-order valence-electron chi connectivity index (χ3n) is 15.3. The standard InChI is InChI=1S/C65H80Cl4IN3O2Si/c1-22-41(65(20,21)70)33-39(6)72(46-29-25-42(26-30-46)61(8,9)10)50-35-45(64(17,18)19)37-52-60(50)76(74-57-55(68)53(66)54(67)56(69)58(57)75-76)59-49(71(24-3)48(23-2)40(7)38(4)5)34-44(63(14,15)16)36-51(59)73(52)47-31-27-43(28-32-47)62(11,12)13/h22-38,40,48H,2-3H2,1,4-21H3/b39-33+,41-22+/t40-,48?/m0/s1. The SMILES string of the molecule is C=CC([C@@H](C)C(C)C)N(C=C)c1cc(C(C)(C)C)cc2c1[Si]1(Oc3c(Cl)c(Cl)c(Cl)c(Cl)c3O1)c1c(N(/C(C)=C/C(=C\C)C(C)(C)I)c3ccc(C(C)(C)C)cc3)cc(C(C)(C)C)cc1N2c1ccc(C(C)(C)C)cc1. The van der Waals surface area contributed by atoms with E-state index in [1.807, 2.05) is 12.3 Å². The third kappa shape index (κ3) is 11.1. The van der Waals surface area contributed by atoms with E-state index in [-0.39, 0.29) is 68.6 Å². The molecule has 0 aliphatic carbocycles. The van der Waals surface area contributed by atoms with E-state index < -0.39 is 8.56 Å². The summed E-state index contributed by atoms with van der Waals surface area (Å²) in [6.07, 6.45) is 8.50. The van der Waals surface area contributed by atoms with E-state index in [0.29, 0.717) is 5.92 Å². The van der Waals surface area contributed by atoms with E-state index in [2.05, 4.69) is 267 Å². The summed E-state index contributed by atoms with van der Waals surface area (Å²) in [5.41, 5.74) is 11.5. The molecule has 0 saturated carbocycles. The highest BCUT2D eigenvalue weighted by atomic mass is 127. The van der Waals surface area contributed by atoms with Gasteiger partial charge in [-0.05, 0) is 150 Å². The monoisotopic (exact) mass is 1230 g/mol. The molecule has 2 atom stereocenters. The Labute approximate surface area is 491 Å². The van der Waals surface area contributed by atoms with Crippen molar-refractivity contribution in [2.24, 2.45) is 11.8 Å². The van der Waals surface area contributed by atoms with E-state index >= 15 is 0 Å². The summed E-state index contributed by atoms with van der Waals surface area (Å²) in [7, 11) is -4.35. The molecule has 0 N–H and O–H groups in total. The minimum absolute atomic E-state index is 0.0826. The van der Waals surface area contributed by atoms with Crippen molar-refractivity contribution in [3.63, 3.8) is 0 Å². The number of allylic oxidation sites excluding steroid dienone is 4. The van der Waals surface area contributed by atoms with E-state index in [0.717, 1.165) is 61.3 Å². The number of halogens is 5. The smallest absolute Gasteiger partial charge is 0.501 e. The molecular formula is C65H80Cl4IN3O2Si. The van der Waals surface area contributed by atoms with Gasteiger partial charge < -0.3 is 23.6 Å². The molecule has 0 saturated heterocycles. The number of rotatable bonds is 12. The molecule has 0 amide bonds. The second kappa shape index (κ2) is 21.3. The minimum Gasteiger partial charge on any atom is -0.501 e. The lowest BCUT2D eigenvalue weighted by Gasteiger charge is -2.46. The van der Waals surface area contributed by atoms with Crippen molar-refractivity contribution in [3.8, 4) is 11.5 Å². The Hall–Kier alpha value is -3.83. The molecule has 76 heavy (non-hydrogen) atoms. The fraction of sp³-hybridized carbons (Fsp3) is 0.415. The van der Waals surface area contributed by atoms with Crippen molar-refractivity contribution in [1.29, 1.82) is 0 Å². The van der Waals surface area contributed by atoms with Gasteiger partial charge in [-0.25, -0.2) is 0 Å². The first kappa shape index (κ1) is 59.8. The van der Waals surface area contributed by atoms with Gasteiger partial charge in [-0.2, -0.15) is 0 Å². The average molecular weight is 1230 g/mol. The van der Waals surface area contributed by atoms with Crippen LogP contribution in [0.1, 0.15) is 154 Å². The molecule has 0 radical (unpaired) electrons. The van der Waals surface area contributed by atoms with E-state index in [9.17, 15) is 0 Å². The van der Waals surface area contributed by atoms with E-state index in [1.54, 1.807) is 0 Å². The highest BCUT2D eigenvalue weighted by Gasteiger charge is 2.63. The molecular weight excluding hydrogens is 1150 g/mol. The van der Waals surface area contributed by atoms with Gasteiger partial charge >= 0.3 is 8.56 Å². The molecule has 1 spiro atoms. The van der Waals surface area contributed by atoms with Gasteiger partial charge in [0.1, 0.15) is 10.0 Å². The molecule has 0 bridgehead atoms. The lowest BCUT2D eigenvalue weighted by atomic mass is 9.84. The number of nitrogens with zero attached hydrogens (tertiary/aromatic N) is 3. The van der Waals surface area contributed by atoms with Crippen LogP contribution >= 0.6 is 69.0 Å². The van der Waals surface area contributed by atoms with Gasteiger partial charge in [0, 0.05) is 20.5 Å². The summed E-state index contributed by atoms with van der Waals surface area (Å²) in [4.78, 5) is 7.12. The summed E-state index contributed by atoms with van der Waals surface area (Å²) in [5.74, 6) is 0.949. The summed E-state index contributed by atoms with van der Waals surface area (Å²) < 4.78 is 15.6. The molecule has 5 aromatic carbocycles. The van der Waals surface area contributed by atoms with Crippen molar-refractivity contribution in [1.82, 2.24) is 0 Å². The lowest BCUT2D eigenvalue weighted by Crippen LogP contribution is -2.71. The summed E-state index contributed by atoms with van der Waals surface area (Å²) in [6, 6.07) is 27.2. The number of benzene rings is 5. The zero-order valence-electron chi connectivity index (χ0n) is 48.4. The Kier molecular flexibility index (Phi) is 16.8. The average Bonchev–Trinajstić information content (AvgIpc) is 3.72. The van der Waals surface area contributed by atoms with Crippen LogP contribution in [0.15, 0.2) is 122 Å². The predicted molar refractivity (Wildman–Crippen MR) is 344 cm³/mol. The van der Waals surface area contributed by atoms with Crippen LogP contribution in [0, 0.1) is 11.8 Å². The van der Waals surface area contributed by atoms with Crippen molar-refractivity contribution >= 4 is 122 Å². The third-order valence-corrected chi connectivity index (χ3v) is 21.0. The van der Waals surface area contributed by atoms with Crippen molar-refractivity contribution in [2.75, 3.05) is 14.7 Å². The number of fused-ring (bicyclic) bond motifs is 5. The van der Waals surface area contributed by atoms with Gasteiger partial charge in [-0.3, -0.25) is 0 Å². The van der Waals surface area contributed by atoms with Crippen molar-refractivity contribution in [2.45, 2.75) is 163 Å². The van der Waals surface area contributed by atoms with Crippen LogP contribution in [0.25, 0.3) is 0 Å². The Bertz CT molecular complexity index is 3090. The maximum absolute atomic E-state index is 7.90. The fourth-order valence-corrected chi connectivity index (χ4v) is 15.6. The van der Waals surface area contributed by atoms with Crippen LogP contribution in [0.5, 0.6) is 11.5 Å². The molecule has 2 heterocycles. The largest absolute Gasteiger partial charge is 0.540 e. The van der Waals surface area contributed by atoms with Crippen molar-refractivity contribution in [3.05, 3.63) is 164 Å². The number of alkyl halides is 1. The van der Waals surface area contributed by atoms with Crippen LogP contribution in [0.2, 0.25) is 20.1 Å². The second-order valence-corrected chi connectivity index (χ2v) is 32.6. The predicted octanol–water partition coefficient (Wildman–Crippen LogP) is 20.3. The van der Waals surface area contributed by atoms with Gasteiger partial charge in [-0.15, -0.1) is 6.58 Å². The molecule has 7 rings (SSSR count). The first-order chi connectivity index (χ1) is 35.0. The second-order valence-electron chi connectivity index (χ2n) is 25.7. The maximum Gasteiger partial charge on any atom is 0.540 e. The van der Waals surface area contributed by atoms with Crippen molar-refractivity contribution < 1.29 is 8.85 Å². The topological polar surface area (TPSA) is 28.2 Å². The van der Waals surface area contributed by atoms with Gasteiger partial charge in [0.15, 0.2) is 11.5 Å².